The van der Waals surface area contributed by atoms with E-state index < -0.39 is 29.6 Å². The predicted octanol–water partition coefficient (Wildman–Crippen LogP) is 3.27. The molecule has 2 rings (SSSR count). The number of carboxylic acid groups (broad SMARTS) is 1. The van der Waals surface area contributed by atoms with Crippen LogP contribution in [0.2, 0.25) is 0 Å². The Morgan fingerprint density at radius 1 is 1.12 bits per heavy atom. The Balaban J connectivity index is 2.33. The molecule has 5 atom stereocenters. The number of hydrogen-bond donors (Lipinski definition) is 2. The molecule has 1 aliphatic heterocycles. The van der Waals surface area contributed by atoms with Crippen molar-refractivity contribution in [2.45, 2.75) is 91.5 Å². The van der Waals surface area contributed by atoms with E-state index in [0.717, 1.165) is 43.9 Å². The Morgan fingerprint density at radius 3 is 2.20 bits per heavy atom. The normalized spacial score (nSPS) is 18.6. The maximum absolute atomic E-state index is 14.1. The van der Waals surface area contributed by atoms with Crippen LogP contribution in [0.15, 0.2) is 5.38 Å². The van der Waals surface area contributed by atoms with Crippen LogP contribution in [0, 0.1) is 11.8 Å². The number of esters is 1. The number of thiazole rings is 1. The van der Waals surface area contributed by atoms with E-state index in [0.29, 0.717) is 11.4 Å². The van der Waals surface area contributed by atoms with Crippen LogP contribution in [0.3, 0.4) is 0 Å². The van der Waals surface area contributed by atoms with Crippen LogP contribution in [0.1, 0.15) is 89.3 Å². The van der Waals surface area contributed by atoms with Gasteiger partial charge in [-0.2, -0.15) is 0 Å². The highest BCUT2D eigenvalue weighted by Gasteiger charge is 2.41. The van der Waals surface area contributed by atoms with Crippen LogP contribution in [0.4, 0.5) is 0 Å². The monoisotopic (exact) mass is 595 g/mol. The number of nitrogens with one attached hydrogen (secondary N) is 1. The average Bonchev–Trinajstić information content (AvgIpc) is 3.43. The van der Waals surface area contributed by atoms with Crippen molar-refractivity contribution in [2.24, 2.45) is 11.8 Å². The van der Waals surface area contributed by atoms with E-state index >= 15 is 0 Å². The molecule has 0 radical (unpaired) electrons. The Hall–Kier alpha value is -2.57. The summed E-state index contributed by atoms with van der Waals surface area (Å²) in [5, 5.41) is 14.2. The fourth-order valence-corrected chi connectivity index (χ4v) is 5.92. The fraction of sp³-hybridized carbons (Fsp3) is 0.759. The molecule has 1 saturated heterocycles. The lowest BCUT2D eigenvalue weighted by atomic mass is 9.90. The first-order valence-electron chi connectivity index (χ1n) is 14.5. The third-order valence-electron chi connectivity index (χ3n) is 8.54. The molecule has 232 valence electrons. The van der Waals surface area contributed by atoms with Crippen LogP contribution in [-0.2, 0) is 19.1 Å². The van der Waals surface area contributed by atoms with Crippen molar-refractivity contribution in [1.29, 1.82) is 0 Å². The second-order valence-corrected chi connectivity index (χ2v) is 12.7. The summed E-state index contributed by atoms with van der Waals surface area (Å²) in [6.45, 7) is 16.4. The number of amides is 2. The minimum absolute atomic E-state index is 0.0241. The van der Waals surface area contributed by atoms with Gasteiger partial charge in [0.15, 0.2) is 11.8 Å². The average molecular weight is 596 g/mol. The van der Waals surface area contributed by atoms with Crippen molar-refractivity contribution in [3.63, 3.8) is 0 Å². The molecule has 0 spiro atoms. The highest BCUT2D eigenvalue weighted by molar-refractivity contribution is 7.09. The molecular weight excluding hydrogens is 546 g/mol. The number of aromatic carboxylic acids is 1. The maximum atomic E-state index is 14.1. The van der Waals surface area contributed by atoms with Crippen LogP contribution in [-0.4, -0.2) is 106 Å². The van der Waals surface area contributed by atoms with E-state index in [9.17, 15) is 24.3 Å². The van der Waals surface area contributed by atoms with Gasteiger partial charge in [-0.15, -0.1) is 11.3 Å². The maximum Gasteiger partial charge on any atom is 0.355 e. The summed E-state index contributed by atoms with van der Waals surface area (Å²) < 4.78 is 5.60. The Bertz CT molecular complexity index is 1050. The van der Waals surface area contributed by atoms with Gasteiger partial charge in [-0.1, -0.05) is 40.5 Å². The van der Waals surface area contributed by atoms with Crippen molar-refractivity contribution in [1.82, 2.24) is 25.0 Å². The minimum Gasteiger partial charge on any atom is -0.476 e. The topological polar surface area (TPSA) is 132 Å². The van der Waals surface area contributed by atoms with Crippen molar-refractivity contribution in [3.05, 3.63) is 16.1 Å². The van der Waals surface area contributed by atoms with E-state index in [4.69, 9.17) is 4.74 Å². The number of carbonyl (C=O) groups is 4. The number of ether oxygens (including phenoxy) is 1. The summed E-state index contributed by atoms with van der Waals surface area (Å²) in [6, 6.07) is -1.09. The van der Waals surface area contributed by atoms with Crippen LogP contribution < -0.4 is 5.32 Å². The molecule has 12 heteroatoms. The molecule has 2 amide bonds. The molecule has 11 nitrogen and oxygen atoms in total. The zero-order valence-electron chi connectivity index (χ0n) is 26.1. The van der Waals surface area contributed by atoms with Gasteiger partial charge in [0.25, 0.3) is 0 Å². The van der Waals surface area contributed by atoms with Gasteiger partial charge in [-0.05, 0) is 32.7 Å². The van der Waals surface area contributed by atoms with Crippen LogP contribution in [0.25, 0.3) is 0 Å². The standard InChI is InChI=1S/C29H49N5O6S/c1-10-18(3)22(16-23(40-20(5)35)25-30-21(17-41-25)27(37)38)33(9)26(36)24(19(4)11-2)31-28(39)29(6,7)34-14-12-32(8)13-15-34/h17-19,22-24H,10-16H2,1-9H3,(H,31,39)(H,37,38)/t18?,19-,22+,23+,24-/m0/s1. The second kappa shape index (κ2) is 15.1. The zero-order valence-corrected chi connectivity index (χ0v) is 26.9. The predicted molar refractivity (Wildman–Crippen MR) is 159 cm³/mol. The number of carboxylic acids is 1. The summed E-state index contributed by atoms with van der Waals surface area (Å²) in [5.74, 6) is -2.16. The third kappa shape index (κ3) is 8.96. The molecule has 1 aromatic rings. The molecule has 41 heavy (non-hydrogen) atoms. The third-order valence-corrected chi connectivity index (χ3v) is 9.48. The van der Waals surface area contributed by atoms with Gasteiger partial charge < -0.3 is 25.0 Å². The highest BCUT2D eigenvalue weighted by atomic mass is 32.1. The first-order chi connectivity index (χ1) is 19.1. The Labute approximate surface area is 248 Å². The second-order valence-electron chi connectivity index (χ2n) is 11.8. The first-order valence-corrected chi connectivity index (χ1v) is 15.4. The molecule has 0 saturated carbocycles. The highest BCUT2D eigenvalue weighted by Crippen LogP contribution is 2.32. The molecule has 1 aliphatic rings. The van der Waals surface area contributed by atoms with Gasteiger partial charge in [0, 0.05) is 58.0 Å². The summed E-state index contributed by atoms with van der Waals surface area (Å²) in [5.41, 5.74) is -0.899. The molecule has 1 unspecified atom stereocenters. The molecule has 2 heterocycles. The molecule has 0 aliphatic carbocycles. The van der Waals surface area contributed by atoms with Gasteiger partial charge >= 0.3 is 11.9 Å². The van der Waals surface area contributed by atoms with E-state index in [-0.39, 0.29) is 41.8 Å². The Morgan fingerprint density at radius 2 is 1.71 bits per heavy atom. The van der Waals surface area contributed by atoms with Crippen LogP contribution >= 0.6 is 11.3 Å². The molecule has 0 bridgehead atoms. The largest absolute Gasteiger partial charge is 0.476 e. The number of likely N-dealkylation sites (N-methyl/N-ethyl adjacent to an activating group) is 2. The molecular formula is C29H49N5O6S. The summed E-state index contributed by atoms with van der Waals surface area (Å²) in [7, 11) is 3.79. The number of carbonyl (C=O) groups excluding carboxylic acids is 3. The van der Waals surface area contributed by atoms with E-state index in [1.807, 2.05) is 41.5 Å². The molecule has 1 aromatic heterocycles. The Kier molecular flexibility index (Phi) is 12.7. The van der Waals surface area contributed by atoms with Gasteiger partial charge in [0.1, 0.15) is 11.0 Å². The van der Waals surface area contributed by atoms with Crippen molar-refractivity contribution >= 4 is 35.1 Å². The molecule has 1 fully saturated rings. The van der Waals surface area contributed by atoms with Gasteiger partial charge in [-0.3, -0.25) is 19.3 Å². The number of aromatic nitrogens is 1. The number of piperazine rings is 1. The minimum atomic E-state index is -1.16. The van der Waals surface area contributed by atoms with E-state index in [2.05, 4.69) is 27.1 Å². The van der Waals surface area contributed by atoms with Crippen molar-refractivity contribution in [2.75, 3.05) is 40.3 Å². The quantitative estimate of drug-likeness (QED) is 0.311. The lowest BCUT2D eigenvalue weighted by Crippen LogP contribution is -2.63. The zero-order chi connectivity index (χ0) is 31.1. The number of rotatable bonds is 14. The SMILES string of the molecule is CCC(C)[C@@H](C[C@@H](OC(C)=O)c1nc(C(=O)O)cs1)N(C)C(=O)[C@@H](NC(=O)C(C)(C)N1CCN(C)CC1)[C@@H](C)CC. The van der Waals surface area contributed by atoms with Crippen LogP contribution in [0.5, 0.6) is 0 Å². The van der Waals surface area contributed by atoms with Gasteiger partial charge in [-0.25, -0.2) is 9.78 Å². The first kappa shape index (κ1) is 34.6. The van der Waals surface area contributed by atoms with E-state index in [1.54, 1.807) is 11.9 Å². The van der Waals surface area contributed by atoms with E-state index in [1.165, 1.54) is 12.3 Å². The molecule has 0 aromatic carbocycles. The summed E-state index contributed by atoms with van der Waals surface area (Å²) in [6.07, 6.45) is 0.884. The summed E-state index contributed by atoms with van der Waals surface area (Å²) >= 11 is 1.11. The lowest BCUT2D eigenvalue weighted by molar-refractivity contribution is -0.149. The van der Waals surface area contributed by atoms with Gasteiger partial charge in [0.05, 0.1) is 5.54 Å². The smallest absolute Gasteiger partial charge is 0.355 e. The number of hydrogen-bond acceptors (Lipinski definition) is 9. The number of nitrogens with zero attached hydrogens (tertiary/aromatic N) is 4. The van der Waals surface area contributed by atoms with Crippen molar-refractivity contribution < 1.29 is 29.0 Å². The summed E-state index contributed by atoms with van der Waals surface area (Å²) in [4.78, 5) is 61.4. The molecule has 2 N–H and O–H groups in total. The van der Waals surface area contributed by atoms with Gasteiger partial charge in [0.2, 0.25) is 11.8 Å². The fourth-order valence-electron chi connectivity index (χ4n) is 5.09. The van der Waals surface area contributed by atoms with Crippen molar-refractivity contribution in [3.8, 4) is 0 Å². The lowest BCUT2D eigenvalue weighted by Gasteiger charge is -2.43.